The van der Waals surface area contributed by atoms with E-state index in [0.717, 1.165) is 12.0 Å². The van der Waals surface area contributed by atoms with Crippen molar-refractivity contribution in [1.82, 2.24) is 14.9 Å². The van der Waals surface area contributed by atoms with Crippen LogP contribution >= 0.6 is 0 Å². The number of ether oxygens (including phenoxy) is 1. The van der Waals surface area contributed by atoms with Gasteiger partial charge in [0.25, 0.3) is 12.3 Å². The van der Waals surface area contributed by atoms with Crippen LogP contribution in [0.15, 0.2) is 47.5 Å². The number of carbonyl (C=O) groups excluding carboxylic acids is 1. The van der Waals surface area contributed by atoms with E-state index in [1.165, 1.54) is 12.1 Å². The molecule has 1 amide bonds. The number of amides is 1. The number of aromatic amines is 1. The molecule has 0 aliphatic carbocycles. The Bertz CT molecular complexity index is 1510. The van der Waals surface area contributed by atoms with Crippen LogP contribution in [0.5, 0.6) is 0 Å². The average molecular weight is 599 g/mol. The van der Waals surface area contributed by atoms with Crippen LogP contribution in [0.25, 0.3) is 11.1 Å². The molecule has 2 aliphatic rings. The predicted octanol–water partition coefficient (Wildman–Crippen LogP) is 4.91. The topological polar surface area (TPSA) is 93.8 Å². The van der Waals surface area contributed by atoms with Crippen LogP contribution in [-0.2, 0) is 4.74 Å². The third kappa shape index (κ3) is 6.54. The minimum Gasteiger partial charge on any atom is -0.372 e. The monoisotopic (exact) mass is 598 g/mol. The van der Waals surface area contributed by atoms with Crippen LogP contribution in [0.1, 0.15) is 50.0 Å². The fourth-order valence-electron chi connectivity index (χ4n) is 5.90. The average Bonchev–Trinajstić information content (AvgIpc) is 2.95. The molecule has 3 aromatic rings. The first-order chi connectivity index (χ1) is 20.4. The van der Waals surface area contributed by atoms with E-state index < -0.39 is 29.3 Å². The second-order valence-electron chi connectivity index (χ2n) is 11.6. The minimum atomic E-state index is -3.03. The largest absolute Gasteiger partial charge is 0.372 e. The van der Waals surface area contributed by atoms with E-state index in [1.54, 1.807) is 12.3 Å². The van der Waals surface area contributed by atoms with Gasteiger partial charge in [0.15, 0.2) is 0 Å². The number of hydrogen-bond acceptors (Lipinski definition) is 7. The van der Waals surface area contributed by atoms with Gasteiger partial charge in [-0.1, -0.05) is 0 Å². The molecule has 0 radical (unpaired) electrons. The Balaban J connectivity index is 1.52. The Labute approximate surface area is 248 Å². The smallest absolute Gasteiger partial charge is 0.264 e. The van der Waals surface area contributed by atoms with Crippen LogP contribution in [0.3, 0.4) is 0 Å². The number of H-pyrrole nitrogens is 1. The zero-order valence-electron chi connectivity index (χ0n) is 24.9. The summed E-state index contributed by atoms with van der Waals surface area (Å²) in [5, 5.41) is 2.73. The van der Waals surface area contributed by atoms with Crippen LogP contribution in [-0.4, -0.2) is 78.3 Å². The molecule has 4 heterocycles. The zero-order valence-corrected chi connectivity index (χ0v) is 24.9. The molecule has 2 fully saturated rings. The highest BCUT2D eigenvalue weighted by Gasteiger charge is 2.30. The quantitative estimate of drug-likeness (QED) is 0.417. The number of nitrogens with zero attached hydrogens (tertiary/aromatic N) is 4. The maximum Gasteiger partial charge on any atom is 0.264 e. The number of morpholine rings is 1. The second-order valence-corrected chi connectivity index (χ2v) is 11.6. The summed E-state index contributed by atoms with van der Waals surface area (Å²) in [6.07, 6.45) is -0.378. The summed E-state index contributed by atoms with van der Waals surface area (Å²) in [5.74, 6) is -0.605. The highest BCUT2D eigenvalue weighted by Crippen LogP contribution is 2.37. The molecule has 2 aliphatic heterocycles. The van der Waals surface area contributed by atoms with E-state index in [9.17, 15) is 18.4 Å². The van der Waals surface area contributed by atoms with E-state index in [0.29, 0.717) is 43.5 Å². The van der Waals surface area contributed by atoms with Gasteiger partial charge in [-0.05, 0) is 59.0 Å². The highest BCUT2D eigenvalue weighted by atomic mass is 19.3. The van der Waals surface area contributed by atoms with Crippen molar-refractivity contribution >= 4 is 23.1 Å². The zero-order chi connectivity index (χ0) is 31.0. The lowest BCUT2D eigenvalue weighted by molar-refractivity contribution is -0.00546. The molecule has 230 valence electrons. The number of anilines is 3. The Kier molecular flexibility index (Phi) is 8.79. The number of halogens is 3. The molecule has 9 nitrogen and oxygen atoms in total. The van der Waals surface area contributed by atoms with Crippen molar-refractivity contribution in [3.8, 4) is 11.1 Å². The molecule has 2 N–H and O–H groups in total. The lowest BCUT2D eigenvalue weighted by atomic mass is 10.0. The van der Waals surface area contributed by atoms with E-state index in [1.807, 2.05) is 31.9 Å². The van der Waals surface area contributed by atoms with E-state index in [2.05, 4.69) is 38.9 Å². The predicted molar refractivity (Wildman–Crippen MR) is 161 cm³/mol. The van der Waals surface area contributed by atoms with Gasteiger partial charge in [-0.25, -0.2) is 18.2 Å². The molecule has 1 aromatic carbocycles. The van der Waals surface area contributed by atoms with Gasteiger partial charge in [-0.15, -0.1) is 0 Å². The van der Waals surface area contributed by atoms with E-state index in [4.69, 9.17) is 4.74 Å². The van der Waals surface area contributed by atoms with Crippen LogP contribution in [0, 0.1) is 5.82 Å². The number of aromatic nitrogens is 2. The van der Waals surface area contributed by atoms with Gasteiger partial charge in [0.2, 0.25) is 5.56 Å². The molecule has 43 heavy (non-hydrogen) atoms. The highest BCUT2D eigenvalue weighted by molar-refractivity contribution is 6.07. The molecule has 2 saturated heterocycles. The maximum absolute atomic E-state index is 15.8. The number of benzene rings is 1. The number of alkyl halides is 2. The molecule has 0 saturated carbocycles. The second kappa shape index (κ2) is 12.4. The van der Waals surface area contributed by atoms with Crippen molar-refractivity contribution in [2.45, 2.75) is 58.4 Å². The van der Waals surface area contributed by atoms with Crippen molar-refractivity contribution < 1.29 is 22.7 Å². The van der Waals surface area contributed by atoms with Gasteiger partial charge < -0.3 is 24.8 Å². The summed E-state index contributed by atoms with van der Waals surface area (Å²) < 4.78 is 49.1. The first kappa shape index (κ1) is 30.6. The van der Waals surface area contributed by atoms with Crippen LogP contribution < -0.4 is 20.7 Å². The van der Waals surface area contributed by atoms with Gasteiger partial charge in [-0.3, -0.25) is 14.5 Å². The van der Waals surface area contributed by atoms with Crippen LogP contribution in [0.4, 0.5) is 30.4 Å². The maximum atomic E-state index is 15.8. The Morgan fingerprint density at radius 1 is 1.02 bits per heavy atom. The summed E-state index contributed by atoms with van der Waals surface area (Å²) in [6.45, 7) is 10.6. The van der Waals surface area contributed by atoms with Crippen molar-refractivity contribution in [2.75, 3.05) is 48.3 Å². The number of hydrogen-bond donors (Lipinski definition) is 2. The molecule has 0 unspecified atom stereocenters. The third-order valence-corrected chi connectivity index (χ3v) is 8.27. The van der Waals surface area contributed by atoms with E-state index in [-0.39, 0.29) is 41.1 Å². The Morgan fingerprint density at radius 3 is 2.30 bits per heavy atom. The SMILES string of the molecule is C[C@@H]1CN(c2ccc(-c3cc(NC(=O)c4c[nH]c(=O)cc4C(F)F)c(N4C[C@@H](C)N(C)[C@@H](C)C4)cc3F)cn2)C[C@H](C)O1. The van der Waals surface area contributed by atoms with Gasteiger partial charge in [-0.2, -0.15) is 0 Å². The summed E-state index contributed by atoms with van der Waals surface area (Å²) in [4.78, 5) is 38.3. The summed E-state index contributed by atoms with van der Waals surface area (Å²) in [6, 6.07) is 7.47. The summed E-state index contributed by atoms with van der Waals surface area (Å²) >= 11 is 0. The number of likely N-dealkylation sites (N-methyl/N-ethyl adjacent to an activating group) is 1. The minimum absolute atomic E-state index is 0.0504. The summed E-state index contributed by atoms with van der Waals surface area (Å²) in [7, 11) is 2.02. The molecule has 2 aromatic heterocycles. The van der Waals surface area contributed by atoms with Gasteiger partial charge in [0, 0.05) is 73.4 Å². The first-order valence-corrected chi connectivity index (χ1v) is 14.4. The Morgan fingerprint density at radius 2 is 1.70 bits per heavy atom. The number of nitrogens with one attached hydrogen (secondary N) is 2. The fourth-order valence-corrected chi connectivity index (χ4v) is 5.90. The number of rotatable bonds is 6. The normalized spacial score (nSPS) is 23.1. The van der Waals surface area contributed by atoms with Crippen molar-refractivity contribution in [3.63, 3.8) is 0 Å². The van der Waals surface area contributed by atoms with Crippen molar-refractivity contribution in [2.24, 2.45) is 0 Å². The number of piperazine rings is 1. The number of carbonyl (C=O) groups is 1. The lowest BCUT2D eigenvalue weighted by Crippen LogP contribution is -2.55. The van der Waals surface area contributed by atoms with Gasteiger partial charge in [0.05, 0.1) is 29.1 Å². The van der Waals surface area contributed by atoms with Crippen molar-refractivity contribution in [1.29, 1.82) is 0 Å². The molecule has 4 atom stereocenters. The molecule has 0 bridgehead atoms. The Hall–Kier alpha value is -3.90. The third-order valence-electron chi connectivity index (χ3n) is 8.27. The molecular weight excluding hydrogens is 561 g/mol. The van der Waals surface area contributed by atoms with Gasteiger partial charge >= 0.3 is 0 Å². The fraction of sp³-hybridized carbons (Fsp3) is 0.452. The number of pyridine rings is 2. The first-order valence-electron chi connectivity index (χ1n) is 14.4. The van der Waals surface area contributed by atoms with E-state index >= 15 is 4.39 Å². The molecular formula is C31H37F3N6O3. The van der Waals surface area contributed by atoms with Gasteiger partial charge in [0.1, 0.15) is 11.6 Å². The van der Waals surface area contributed by atoms with Crippen molar-refractivity contribution in [3.05, 3.63) is 70.0 Å². The summed E-state index contributed by atoms with van der Waals surface area (Å²) in [5.41, 5.74) is -0.399. The standard InChI is InChI=1S/C31H37F3N6O3/c1-17-13-39(14-18(2)38(17)5)27-10-25(32)22(21-6-7-28(35-11-21)40-15-19(3)43-20(4)16-40)8-26(27)37-31(42)24-12-36-29(41)9-23(24)30(33)34/h6-12,17-20,30H,13-16H2,1-5H3,(H,36,41)(H,37,42)/t17-,18+,19-,20+. The molecule has 5 rings (SSSR count). The molecule has 12 heteroatoms. The lowest BCUT2D eigenvalue weighted by Gasteiger charge is -2.44. The molecule has 0 spiro atoms. The van der Waals surface area contributed by atoms with Crippen LogP contribution in [0.2, 0.25) is 0 Å².